The van der Waals surface area contributed by atoms with E-state index in [1.165, 1.54) is 22.8 Å². The van der Waals surface area contributed by atoms with Crippen molar-refractivity contribution in [3.8, 4) is 16.9 Å². The van der Waals surface area contributed by atoms with Crippen LogP contribution in [0.1, 0.15) is 82.1 Å². The van der Waals surface area contributed by atoms with E-state index in [-0.39, 0.29) is 83.6 Å². The van der Waals surface area contributed by atoms with Gasteiger partial charge in [0.15, 0.2) is 5.82 Å². The second-order valence-corrected chi connectivity index (χ2v) is 16.5. The molecule has 3 amide bonds. The fraction of sp³-hybridized carbons (Fsp3) is 0.455. The fourth-order valence-corrected chi connectivity index (χ4v) is 9.26. The molecule has 12 nitrogen and oxygen atoms in total. The molecule has 2 aliphatic heterocycles. The fourth-order valence-electron chi connectivity index (χ4n) is 9.26. The maximum atomic E-state index is 15.7. The number of hydrogen-bond donors (Lipinski definition) is 4. The zero-order chi connectivity index (χ0) is 42.0. The number of amides is 3. The van der Waals surface area contributed by atoms with Crippen LogP contribution in [0.3, 0.4) is 0 Å². The number of hydrogen-bond acceptors (Lipinski definition) is 9. The molecule has 0 bridgehead atoms. The zero-order valence-electron chi connectivity index (χ0n) is 33.0. The first-order valence-corrected chi connectivity index (χ1v) is 20.8. The van der Waals surface area contributed by atoms with Crippen LogP contribution in [0.2, 0.25) is 0 Å². The molecule has 2 aromatic heterocycles. The van der Waals surface area contributed by atoms with Crippen molar-refractivity contribution >= 4 is 29.4 Å². The van der Waals surface area contributed by atoms with Crippen LogP contribution < -0.4 is 26.8 Å². The second-order valence-electron chi connectivity index (χ2n) is 16.5. The van der Waals surface area contributed by atoms with Crippen molar-refractivity contribution in [3.63, 3.8) is 0 Å². The van der Waals surface area contributed by atoms with E-state index in [4.69, 9.17) is 0 Å². The number of aromatic nitrogens is 3. The number of pyridine rings is 1. The summed E-state index contributed by atoms with van der Waals surface area (Å²) in [7, 11) is 0. The largest absolute Gasteiger partial charge is 0.374 e. The molecule has 316 valence electrons. The molecule has 16 heteroatoms. The third kappa shape index (κ3) is 9.23. The number of anilines is 2. The summed E-state index contributed by atoms with van der Waals surface area (Å²) in [6.45, 7) is -0.0658. The Labute approximate surface area is 344 Å². The molecule has 4 aliphatic rings. The third-order valence-electron chi connectivity index (χ3n) is 12.5. The Bertz CT molecular complexity index is 2290. The van der Waals surface area contributed by atoms with E-state index in [0.717, 1.165) is 12.3 Å². The Hall–Kier alpha value is -5.64. The normalized spacial score (nSPS) is 25.9. The third-order valence-corrected chi connectivity index (χ3v) is 12.5. The Morgan fingerprint density at radius 3 is 2.33 bits per heavy atom. The number of carbonyl (C=O) groups excluding carboxylic acids is 3. The lowest BCUT2D eigenvalue weighted by Crippen LogP contribution is -2.53. The average molecular weight is 829 g/mol. The van der Waals surface area contributed by atoms with E-state index in [1.54, 1.807) is 42.6 Å². The molecule has 2 saturated heterocycles. The average Bonchev–Trinajstić information content (AvgIpc) is 3.23. The summed E-state index contributed by atoms with van der Waals surface area (Å²) in [5.74, 6) is -6.52. The van der Waals surface area contributed by atoms with Gasteiger partial charge in [0.1, 0.15) is 17.6 Å². The summed E-state index contributed by atoms with van der Waals surface area (Å²) >= 11 is 0. The molecular formula is C44H48F4N8O4. The minimum absolute atomic E-state index is 0.00215. The molecule has 4 heterocycles. The minimum Gasteiger partial charge on any atom is -0.374 e. The number of alkyl halides is 2. The first kappa shape index (κ1) is 41.1. The van der Waals surface area contributed by atoms with E-state index < -0.39 is 42.0 Å². The number of imide groups is 1. The number of carbonyl (C=O) groups is 3. The summed E-state index contributed by atoms with van der Waals surface area (Å²) in [4.78, 5) is 59.7. The van der Waals surface area contributed by atoms with Gasteiger partial charge >= 0.3 is 0 Å². The molecule has 0 radical (unpaired) electrons. The van der Waals surface area contributed by atoms with Crippen molar-refractivity contribution in [1.82, 2.24) is 30.1 Å². The standard InChI is InChI=1S/C44H48F4N8O4/c45-35-23-30(50-37-17-18-38(57)53-42(37)60)13-16-33(35)34-19-21-55(25-44(34,47)48)31-14-11-28(12-15-31)51-41(59)26-7-9-29(10-8-26)52-43-49-24-36(46)40(54-43)27-4-3-5-32(22-27)56-20-2-1-6-39(56)58/h1-6,13,16,20,22-24,26,28-29,31,34,37,50H,7-12,14-15,17-19,21,25H2,(H,51,59)(H,49,52,54)(H,53,57,60). The van der Waals surface area contributed by atoms with E-state index in [1.807, 2.05) is 4.90 Å². The van der Waals surface area contributed by atoms with Gasteiger partial charge in [-0.2, -0.15) is 0 Å². The SMILES string of the molecule is O=C1CCC(Nc2ccc(C3CCN(C4CCC(NC(=O)C5CCC(Nc6ncc(F)c(-c7cccc(-n8ccccc8=O)c7)n6)CC5)CC4)CC3(F)F)c(F)c2)C(=O)N1. The van der Waals surface area contributed by atoms with Gasteiger partial charge in [-0.15, -0.1) is 0 Å². The zero-order valence-corrected chi connectivity index (χ0v) is 33.0. The van der Waals surface area contributed by atoms with Crippen LogP contribution in [0.4, 0.5) is 29.2 Å². The van der Waals surface area contributed by atoms with Gasteiger partial charge in [0.2, 0.25) is 23.7 Å². The van der Waals surface area contributed by atoms with Gasteiger partial charge < -0.3 is 16.0 Å². The number of piperidine rings is 2. The number of likely N-dealkylation sites (tertiary alicyclic amines) is 1. The topological polar surface area (TPSA) is 150 Å². The number of rotatable bonds is 10. The molecule has 4 fully saturated rings. The van der Waals surface area contributed by atoms with E-state index in [9.17, 15) is 23.6 Å². The van der Waals surface area contributed by atoms with Crippen LogP contribution in [0.5, 0.6) is 0 Å². The predicted molar refractivity (Wildman–Crippen MR) is 217 cm³/mol. The number of nitrogens with one attached hydrogen (secondary N) is 4. The monoisotopic (exact) mass is 828 g/mol. The Morgan fingerprint density at radius 2 is 1.60 bits per heavy atom. The molecule has 0 spiro atoms. The van der Waals surface area contributed by atoms with Gasteiger partial charge in [-0.25, -0.2) is 27.5 Å². The first-order valence-electron chi connectivity index (χ1n) is 20.8. The molecule has 4 aromatic rings. The molecule has 2 atom stereocenters. The van der Waals surface area contributed by atoms with Gasteiger partial charge in [-0.1, -0.05) is 24.3 Å². The van der Waals surface area contributed by atoms with Gasteiger partial charge in [0.25, 0.3) is 11.5 Å². The van der Waals surface area contributed by atoms with Crippen LogP contribution in [-0.4, -0.2) is 80.3 Å². The van der Waals surface area contributed by atoms with E-state index in [2.05, 4.69) is 31.2 Å². The lowest BCUT2D eigenvalue weighted by molar-refractivity contribution is -0.133. The number of nitrogens with zero attached hydrogens (tertiary/aromatic N) is 4. The number of halogens is 4. The predicted octanol–water partition coefficient (Wildman–Crippen LogP) is 6.31. The highest BCUT2D eigenvalue weighted by atomic mass is 19.3. The second kappa shape index (κ2) is 17.5. The van der Waals surface area contributed by atoms with E-state index in [0.29, 0.717) is 69.2 Å². The van der Waals surface area contributed by atoms with Crippen LogP contribution in [0, 0.1) is 17.6 Å². The van der Waals surface area contributed by atoms with Gasteiger partial charge in [-0.3, -0.25) is 34.0 Å². The maximum absolute atomic E-state index is 15.7. The highest BCUT2D eigenvalue weighted by Gasteiger charge is 2.48. The van der Waals surface area contributed by atoms with Gasteiger partial charge in [0.05, 0.1) is 18.7 Å². The van der Waals surface area contributed by atoms with Crippen LogP contribution >= 0.6 is 0 Å². The molecule has 2 saturated carbocycles. The van der Waals surface area contributed by atoms with Crippen LogP contribution in [-0.2, 0) is 14.4 Å². The number of benzene rings is 2. The minimum atomic E-state index is -3.15. The summed E-state index contributed by atoms with van der Waals surface area (Å²) in [5.41, 5.74) is 1.22. The molecular weight excluding hydrogens is 781 g/mol. The van der Waals surface area contributed by atoms with Crippen molar-refractivity contribution in [2.45, 2.75) is 107 Å². The van der Waals surface area contributed by atoms with Crippen LogP contribution in [0.15, 0.2) is 77.9 Å². The lowest BCUT2D eigenvalue weighted by atomic mass is 9.82. The van der Waals surface area contributed by atoms with Gasteiger partial charge in [0, 0.05) is 59.7 Å². The molecule has 4 N–H and O–H groups in total. The smallest absolute Gasteiger partial charge is 0.267 e. The summed E-state index contributed by atoms with van der Waals surface area (Å²) in [6, 6.07) is 15.0. The highest BCUT2D eigenvalue weighted by Crippen LogP contribution is 2.43. The van der Waals surface area contributed by atoms with Crippen molar-refractivity contribution in [3.05, 3.63) is 101 Å². The maximum Gasteiger partial charge on any atom is 0.267 e. The Kier molecular flexibility index (Phi) is 12.0. The summed E-state index contributed by atoms with van der Waals surface area (Å²) < 4.78 is 63.1. The Balaban J connectivity index is 0.783. The van der Waals surface area contributed by atoms with Crippen molar-refractivity contribution < 1.29 is 31.9 Å². The molecule has 2 unspecified atom stereocenters. The Morgan fingerprint density at radius 1 is 0.817 bits per heavy atom. The highest BCUT2D eigenvalue weighted by molar-refractivity contribution is 6.01. The van der Waals surface area contributed by atoms with Crippen molar-refractivity contribution in [1.29, 1.82) is 0 Å². The molecule has 60 heavy (non-hydrogen) atoms. The van der Waals surface area contributed by atoms with Crippen LogP contribution in [0.25, 0.3) is 16.9 Å². The molecule has 2 aromatic carbocycles. The van der Waals surface area contributed by atoms with E-state index >= 15 is 13.2 Å². The summed E-state index contributed by atoms with van der Waals surface area (Å²) in [6.07, 6.45) is 8.72. The van der Waals surface area contributed by atoms with Gasteiger partial charge in [-0.05, 0) is 107 Å². The van der Waals surface area contributed by atoms with Crippen molar-refractivity contribution in [2.24, 2.45) is 5.92 Å². The first-order chi connectivity index (χ1) is 28.9. The molecule has 8 rings (SSSR count). The summed E-state index contributed by atoms with van der Waals surface area (Å²) in [5, 5.41) is 11.7. The quantitative estimate of drug-likeness (QED) is 0.107. The lowest BCUT2D eigenvalue weighted by Gasteiger charge is -2.44. The van der Waals surface area contributed by atoms with Crippen molar-refractivity contribution in [2.75, 3.05) is 23.7 Å². The molecule has 2 aliphatic carbocycles.